The molecule has 4 nitrogen and oxygen atoms in total. The van der Waals surface area contributed by atoms with Gasteiger partial charge < -0.3 is 14.7 Å². The molecule has 0 radical (unpaired) electrons. The highest BCUT2D eigenvalue weighted by molar-refractivity contribution is 6.18. The van der Waals surface area contributed by atoms with Crippen molar-refractivity contribution in [1.29, 1.82) is 0 Å². The Morgan fingerprint density at radius 2 is 1.79 bits per heavy atom. The van der Waals surface area contributed by atoms with Gasteiger partial charge in [-0.3, -0.25) is 4.79 Å². The summed E-state index contributed by atoms with van der Waals surface area (Å²) in [7, 11) is 0. The second kappa shape index (κ2) is 7.51. The molecule has 0 fully saturated rings. The molecule has 1 amide bonds. The van der Waals surface area contributed by atoms with Crippen LogP contribution in [0.5, 0.6) is 0 Å². The fourth-order valence-corrected chi connectivity index (χ4v) is 4.16. The van der Waals surface area contributed by atoms with Crippen LogP contribution in [0.25, 0.3) is 33.1 Å². The Kier molecular flexibility index (Phi) is 4.74. The van der Waals surface area contributed by atoms with Crippen LogP contribution < -0.4 is 5.73 Å². The summed E-state index contributed by atoms with van der Waals surface area (Å²) in [5.74, 6) is -0.805. The lowest BCUT2D eigenvalue weighted by atomic mass is 10.0. The van der Waals surface area contributed by atoms with Gasteiger partial charge in [0, 0.05) is 27.5 Å². The van der Waals surface area contributed by atoms with E-state index < -0.39 is 23.5 Å². The zero-order valence-electron chi connectivity index (χ0n) is 17.0. The summed E-state index contributed by atoms with van der Waals surface area (Å²) in [5, 5.41) is 1.22. The number of fused-ring (bicyclic) bond motifs is 3. The number of nitrogens with two attached hydrogens (primary N) is 1. The number of furan rings is 1. The highest BCUT2D eigenvalue weighted by Crippen LogP contribution is 2.36. The SMILES string of the molecule is NC(=O)c1cccc2c1c1ccc(-c3ccco3)cc1n2Cc1cc(C(F)(F)F)ccc1F. The fourth-order valence-electron chi connectivity index (χ4n) is 4.16. The molecule has 2 heterocycles. The summed E-state index contributed by atoms with van der Waals surface area (Å²) in [4.78, 5) is 12.1. The molecule has 0 aliphatic carbocycles. The molecule has 0 atom stereocenters. The number of benzene rings is 3. The summed E-state index contributed by atoms with van der Waals surface area (Å²) >= 11 is 0. The second-order valence-corrected chi connectivity index (χ2v) is 7.66. The van der Waals surface area contributed by atoms with Gasteiger partial charge in [0.15, 0.2) is 0 Å². The van der Waals surface area contributed by atoms with E-state index in [2.05, 4.69) is 0 Å². The molecule has 0 bridgehead atoms. The van der Waals surface area contributed by atoms with Gasteiger partial charge in [-0.1, -0.05) is 18.2 Å². The zero-order chi connectivity index (χ0) is 23.3. The smallest absolute Gasteiger partial charge is 0.416 e. The molecule has 5 aromatic rings. The number of nitrogens with zero attached hydrogens (tertiary/aromatic N) is 1. The van der Waals surface area contributed by atoms with Gasteiger partial charge in [-0.25, -0.2) is 4.39 Å². The predicted octanol–water partition coefficient (Wildman–Crippen LogP) is 6.36. The minimum absolute atomic E-state index is 0.128. The predicted molar refractivity (Wildman–Crippen MR) is 116 cm³/mol. The summed E-state index contributed by atoms with van der Waals surface area (Å²) in [6.07, 6.45) is -3.08. The molecular formula is C25H16F4N2O2. The molecule has 2 aromatic heterocycles. The number of amides is 1. The Morgan fingerprint density at radius 3 is 2.48 bits per heavy atom. The number of carbonyl (C=O) groups excluding carboxylic acids is 1. The molecule has 8 heteroatoms. The van der Waals surface area contributed by atoms with E-state index in [1.54, 1.807) is 47.0 Å². The maximum atomic E-state index is 14.6. The summed E-state index contributed by atoms with van der Waals surface area (Å²) in [6, 6.07) is 16.2. The van der Waals surface area contributed by atoms with Crippen LogP contribution in [0.15, 0.2) is 77.4 Å². The lowest BCUT2D eigenvalue weighted by Crippen LogP contribution is -2.11. The number of halogens is 4. The van der Waals surface area contributed by atoms with Crippen molar-refractivity contribution < 1.29 is 26.8 Å². The number of hydrogen-bond acceptors (Lipinski definition) is 2. The van der Waals surface area contributed by atoms with Gasteiger partial charge in [-0.15, -0.1) is 0 Å². The summed E-state index contributed by atoms with van der Waals surface area (Å²) in [5.41, 5.74) is 6.66. The van der Waals surface area contributed by atoms with Crippen LogP contribution in [0.4, 0.5) is 17.6 Å². The quantitative estimate of drug-likeness (QED) is 0.323. The molecule has 33 heavy (non-hydrogen) atoms. The van der Waals surface area contributed by atoms with E-state index >= 15 is 0 Å². The van der Waals surface area contributed by atoms with Crippen LogP contribution in [0.2, 0.25) is 0 Å². The number of primary amides is 1. The number of rotatable bonds is 4. The van der Waals surface area contributed by atoms with Crippen molar-refractivity contribution in [2.24, 2.45) is 5.73 Å². The van der Waals surface area contributed by atoms with E-state index in [1.165, 1.54) is 6.26 Å². The van der Waals surface area contributed by atoms with Crippen molar-refractivity contribution in [2.75, 3.05) is 0 Å². The molecule has 0 saturated heterocycles. The molecule has 0 spiro atoms. The van der Waals surface area contributed by atoms with Crippen molar-refractivity contribution in [3.8, 4) is 11.3 Å². The molecule has 0 saturated carbocycles. The van der Waals surface area contributed by atoms with Gasteiger partial charge in [0.1, 0.15) is 11.6 Å². The van der Waals surface area contributed by atoms with E-state index in [1.807, 2.05) is 6.07 Å². The van der Waals surface area contributed by atoms with E-state index in [0.29, 0.717) is 33.6 Å². The average molecular weight is 452 g/mol. The topological polar surface area (TPSA) is 61.2 Å². The Hall–Kier alpha value is -4.07. The highest BCUT2D eigenvalue weighted by atomic mass is 19.4. The fraction of sp³-hybridized carbons (Fsp3) is 0.0800. The lowest BCUT2D eigenvalue weighted by molar-refractivity contribution is -0.137. The number of aromatic nitrogens is 1. The minimum Gasteiger partial charge on any atom is -0.464 e. The standard InChI is InChI=1S/C25H16F4N2O2/c26-19-9-7-16(25(27,28)29)11-15(19)13-31-20-4-1-3-18(24(30)32)23(20)17-8-6-14(12-21(17)31)22-5-2-10-33-22/h1-12H,13H2,(H2,30,32). The van der Waals surface area contributed by atoms with Gasteiger partial charge in [0.25, 0.3) is 0 Å². The third-order valence-electron chi connectivity index (χ3n) is 5.66. The molecule has 0 aliphatic rings. The van der Waals surface area contributed by atoms with E-state index in [0.717, 1.165) is 17.7 Å². The van der Waals surface area contributed by atoms with Gasteiger partial charge in [0.2, 0.25) is 5.91 Å². The van der Waals surface area contributed by atoms with Gasteiger partial charge >= 0.3 is 6.18 Å². The first kappa shape index (κ1) is 20.8. The zero-order valence-corrected chi connectivity index (χ0v) is 17.0. The molecular weight excluding hydrogens is 436 g/mol. The largest absolute Gasteiger partial charge is 0.464 e. The molecule has 0 aliphatic heterocycles. The third-order valence-corrected chi connectivity index (χ3v) is 5.66. The highest BCUT2D eigenvalue weighted by Gasteiger charge is 2.31. The molecule has 0 unspecified atom stereocenters. The van der Waals surface area contributed by atoms with Gasteiger partial charge in [0.05, 0.1) is 29.4 Å². The van der Waals surface area contributed by atoms with Crippen LogP contribution in [-0.2, 0) is 12.7 Å². The van der Waals surface area contributed by atoms with Crippen LogP contribution in [0.3, 0.4) is 0 Å². The van der Waals surface area contributed by atoms with E-state index in [9.17, 15) is 22.4 Å². The Morgan fingerprint density at radius 1 is 0.970 bits per heavy atom. The Labute approximate surface area is 184 Å². The summed E-state index contributed by atoms with van der Waals surface area (Å²) < 4.78 is 61.5. The Bertz CT molecular complexity index is 1520. The first-order valence-corrected chi connectivity index (χ1v) is 9.98. The number of hydrogen-bond donors (Lipinski definition) is 1. The van der Waals surface area contributed by atoms with Crippen molar-refractivity contribution in [2.45, 2.75) is 12.7 Å². The maximum Gasteiger partial charge on any atom is 0.416 e. The first-order chi connectivity index (χ1) is 15.7. The van der Waals surface area contributed by atoms with Crippen molar-refractivity contribution in [3.05, 3.63) is 95.5 Å². The van der Waals surface area contributed by atoms with Crippen LogP contribution in [0.1, 0.15) is 21.5 Å². The third kappa shape index (κ3) is 3.53. The molecule has 5 rings (SSSR count). The van der Waals surface area contributed by atoms with Crippen LogP contribution in [-0.4, -0.2) is 10.5 Å². The first-order valence-electron chi connectivity index (χ1n) is 9.98. The van der Waals surface area contributed by atoms with Crippen LogP contribution >= 0.6 is 0 Å². The normalized spacial score (nSPS) is 12.0. The van der Waals surface area contributed by atoms with Crippen molar-refractivity contribution in [1.82, 2.24) is 4.57 Å². The second-order valence-electron chi connectivity index (χ2n) is 7.66. The molecule has 3 aromatic carbocycles. The minimum atomic E-state index is -4.60. The van der Waals surface area contributed by atoms with E-state index in [4.69, 9.17) is 10.2 Å². The lowest BCUT2D eigenvalue weighted by Gasteiger charge is -2.13. The molecule has 2 N–H and O–H groups in total. The van der Waals surface area contributed by atoms with Crippen LogP contribution in [0, 0.1) is 5.82 Å². The molecule has 166 valence electrons. The van der Waals surface area contributed by atoms with Crippen molar-refractivity contribution >= 4 is 27.7 Å². The maximum absolute atomic E-state index is 14.6. The van der Waals surface area contributed by atoms with Crippen molar-refractivity contribution in [3.63, 3.8) is 0 Å². The Balaban J connectivity index is 1.79. The van der Waals surface area contributed by atoms with E-state index in [-0.39, 0.29) is 17.7 Å². The monoisotopic (exact) mass is 452 g/mol. The number of alkyl halides is 3. The summed E-state index contributed by atoms with van der Waals surface area (Å²) in [6.45, 7) is -0.181. The average Bonchev–Trinajstić information content (AvgIpc) is 3.41. The van der Waals surface area contributed by atoms with Gasteiger partial charge in [-0.05, 0) is 48.5 Å². The van der Waals surface area contributed by atoms with Gasteiger partial charge in [-0.2, -0.15) is 13.2 Å². The number of carbonyl (C=O) groups is 1.